The highest BCUT2D eigenvalue weighted by atomic mass is 35.5. The molecule has 0 amide bonds. The van der Waals surface area contributed by atoms with Crippen molar-refractivity contribution in [1.82, 2.24) is 9.80 Å². The van der Waals surface area contributed by atoms with E-state index in [1.54, 1.807) is 12.5 Å². The number of nitrogens with zero attached hydrogens (tertiary/aromatic N) is 3. The molecule has 0 spiro atoms. The van der Waals surface area contributed by atoms with Gasteiger partial charge in [-0.1, -0.05) is 135 Å². The molecule has 352 valence electrons. The Bertz CT molecular complexity index is 1600. The number of aryl methyl sites for hydroxylation is 3. The molecule has 8 heteroatoms. The molecule has 1 saturated heterocycles. The monoisotopic (exact) mass is 903 g/mol. The molecule has 1 aromatic heterocycles. The van der Waals surface area contributed by atoms with Crippen LogP contribution in [0.4, 0.5) is 13.2 Å². The quantitative estimate of drug-likeness (QED) is 0.103. The van der Waals surface area contributed by atoms with E-state index >= 15 is 0 Å². The van der Waals surface area contributed by atoms with E-state index in [1.807, 2.05) is 44.9 Å². The largest absolute Gasteiger partial charge is 0.416 e. The van der Waals surface area contributed by atoms with Crippen molar-refractivity contribution in [3.63, 3.8) is 0 Å². The van der Waals surface area contributed by atoms with Gasteiger partial charge in [-0.3, -0.25) is 0 Å². The van der Waals surface area contributed by atoms with Gasteiger partial charge in [0.25, 0.3) is 0 Å². The third kappa shape index (κ3) is 26.6. The Morgan fingerprint density at radius 3 is 1.97 bits per heavy atom. The van der Waals surface area contributed by atoms with Crippen molar-refractivity contribution >= 4 is 24.2 Å². The molecule has 2 aromatic rings. The first-order valence-corrected chi connectivity index (χ1v) is 24.3. The molecule has 0 bridgehead atoms. The number of hydrogen-bond acceptors (Lipinski definition) is 3. The second-order valence-electron chi connectivity index (χ2n) is 17.6. The second-order valence-corrected chi connectivity index (χ2v) is 17.9. The summed E-state index contributed by atoms with van der Waals surface area (Å²) >= 11 is 9.42. The second kappa shape index (κ2) is 33.6. The Morgan fingerprint density at radius 2 is 1.60 bits per heavy atom. The lowest BCUT2D eigenvalue weighted by molar-refractivity contribution is -0.291. The summed E-state index contributed by atoms with van der Waals surface area (Å²) in [5, 5.41) is 0.483. The van der Waals surface area contributed by atoms with Crippen molar-refractivity contribution in [2.75, 3.05) is 32.9 Å². The molecule has 3 unspecified atom stereocenters. The summed E-state index contributed by atoms with van der Waals surface area (Å²) in [4.78, 5) is 8.08. The number of allylic oxidation sites excluding steroid dienone is 4. The van der Waals surface area contributed by atoms with Crippen LogP contribution in [0, 0.1) is 50.6 Å². The maximum atomic E-state index is 13.7. The van der Waals surface area contributed by atoms with Gasteiger partial charge in [0.1, 0.15) is 0 Å². The third-order valence-electron chi connectivity index (χ3n) is 10.7. The van der Waals surface area contributed by atoms with Crippen LogP contribution >= 0.6 is 24.2 Å². The van der Waals surface area contributed by atoms with Crippen LogP contribution in [0.15, 0.2) is 84.6 Å². The highest BCUT2D eigenvalue weighted by molar-refractivity contribution is 7.79. The zero-order chi connectivity index (χ0) is 48.2. The number of thiol groups is 1. The molecule has 4 rings (SSSR count). The molecule has 1 aliphatic carbocycles. The SMILES string of the molecule is C=C(C)CCC.C=C/C=C(\C(=C/N(C)C(CC1CC1)C(=C)C)CCN1CCC(C)C1)C(F)(F)F.CC.CCC(C)CC(C)C.CS.Cc1cc(C)c(-c2cc#[n+]c(Cl)c2)c(C)c1. The zero-order valence-electron chi connectivity index (χ0n) is 41.8. The van der Waals surface area contributed by atoms with Crippen LogP contribution in [0.5, 0.6) is 0 Å². The lowest BCUT2D eigenvalue weighted by atomic mass is 9.95. The van der Waals surface area contributed by atoms with Crippen molar-refractivity contribution in [3.05, 3.63) is 113 Å². The molecule has 1 aliphatic heterocycles. The number of hydrogen-bond donors (Lipinski definition) is 1. The Labute approximate surface area is 390 Å². The van der Waals surface area contributed by atoms with Gasteiger partial charge in [0.2, 0.25) is 0 Å². The predicted octanol–water partition coefficient (Wildman–Crippen LogP) is 16.3. The van der Waals surface area contributed by atoms with Crippen LogP contribution in [0.25, 0.3) is 11.1 Å². The van der Waals surface area contributed by atoms with Crippen LogP contribution in [-0.4, -0.2) is 55.0 Å². The molecule has 1 aromatic carbocycles. The summed E-state index contributed by atoms with van der Waals surface area (Å²) in [5.74, 6) is 3.10. The minimum Gasteiger partial charge on any atom is -0.373 e. The van der Waals surface area contributed by atoms with Gasteiger partial charge in [0.05, 0.1) is 17.7 Å². The first-order valence-electron chi connectivity index (χ1n) is 23.0. The lowest BCUT2D eigenvalue weighted by Crippen LogP contribution is -2.30. The van der Waals surface area contributed by atoms with Gasteiger partial charge in [-0.25, -0.2) is 0 Å². The minimum atomic E-state index is -4.39. The summed E-state index contributed by atoms with van der Waals surface area (Å²) in [6.45, 7) is 41.8. The summed E-state index contributed by atoms with van der Waals surface area (Å²) in [6.07, 6.45) is 14.2. The van der Waals surface area contributed by atoms with Crippen LogP contribution in [0.1, 0.15) is 144 Å². The third-order valence-corrected chi connectivity index (χ3v) is 10.9. The predicted molar refractivity (Wildman–Crippen MR) is 271 cm³/mol. The fraction of sp³-hybridized carbons (Fsp3) is 0.611. The maximum absolute atomic E-state index is 13.7. The molecule has 62 heavy (non-hydrogen) atoms. The smallest absolute Gasteiger partial charge is 0.373 e. The molecule has 0 N–H and O–H groups in total. The molecule has 2 aliphatic rings. The molecule has 1 saturated carbocycles. The maximum Gasteiger partial charge on any atom is 0.416 e. The molecular weight excluding hydrogens is 815 g/mol. The van der Waals surface area contributed by atoms with Gasteiger partial charge in [-0.2, -0.15) is 25.8 Å². The molecule has 3 nitrogen and oxygen atoms in total. The average Bonchev–Trinajstić information content (AvgIpc) is 3.92. The minimum absolute atomic E-state index is 0.0764. The molecule has 3 atom stereocenters. The zero-order valence-corrected chi connectivity index (χ0v) is 43.5. The van der Waals surface area contributed by atoms with Gasteiger partial charge < -0.3 is 9.80 Å². The average molecular weight is 904 g/mol. The van der Waals surface area contributed by atoms with E-state index in [0.717, 1.165) is 55.0 Å². The molecule has 0 radical (unpaired) electrons. The van der Waals surface area contributed by atoms with E-state index in [9.17, 15) is 13.2 Å². The van der Waals surface area contributed by atoms with Crippen LogP contribution < -0.4 is 4.98 Å². The van der Waals surface area contributed by atoms with Crippen molar-refractivity contribution in [2.24, 2.45) is 23.7 Å². The molecule has 2 heterocycles. The number of alkyl halides is 3. The Morgan fingerprint density at radius 1 is 1.02 bits per heavy atom. The summed E-state index contributed by atoms with van der Waals surface area (Å²) in [7, 11) is 1.88. The number of aromatic nitrogens is 1. The highest BCUT2D eigenvalue weighted by Gasteiger charge is 2.36. The first kappa shape index (κ1) is 61.2. The highest BCUT2D eigenvalue weighted by Crippen LogP contribution is 2.38. The van der Waals surface area contributed by atoms with Crippen molar-refractivity contribution in [1.29, 1.82) is 0 Å². The van der Waals surface area contributed by atoms with Crippen LogP contribution in [0.3, 0.4) is 0 Å². The Kier molecular flexibility index (Phi) is 33.1. The number of halogens is 4. The molecular formula is C54H88ClF3N3S+. The van der Waals surface area contributed by atoms with E-state index < -0.39 is 11.7 Å². The number of likely N-dealkylation sites (N-methyl/N-ethyl adjacent to an activating group) is 1. The van der Waals surface area contributed by atoms with E-state index in [4.69, 9.17) is 11.6 Å². The summed E-state index contributed by atoms with van der Waals surface area (Å²) in [5.41, 5.74) is 8.13. The van der Waals surface area contributed by atoms with Crippen LogP contribution in [-0.2, 0) is 0 Å². The Balaban J connectivity index is 0. The van der Waals surface area contributed by atoms with Crippen molar-refractivity contribution in [2.45, 2.75) is 160 Å². The fourth-order valence-corrected chi connectivity index (χ4v) is 7.71. The van der Waals surface area contributed by atoms with E-state index in [-0.39, 0.29) is 6.04 Å². The fourth-order valence-electron chi connectivity index (χ4n) is 7.54. The van der Waals surface area contributed by atoms with E-state index in [1.165, 1.54) is 72.4 Å². The number of likely N-dealkylation sites (tertiary alicyclic amines) is 1. The van der Waals surface area contributed by atoms with E-state index in [2.05, 4.69) is 130 Å². The molecule has 2 fully saturated rings. The lowest BCUT2D eigenvalue weighted by Gasteiger charge is -2.30. The summed E-state index contributed by atoms with van der Waals surface area (Å²) in [6, 6.07) is 8.18. The van der Waals surface area contributed by atoms with Gasteiger partial charge in [0, 0.05) is 49.5 Å². The Hall–Kier alpha value is -2.92. The normalized spacial score (nSPS) is 15.9. The number of benzene rings is 1. The van der Waals surface area contributed by atoms with Gasteiger partial charge in [-0.05, 0) is 130 Å². The van der Waals surface area contributed by atoms with E-state index in [0.29, 0.717) is 35.5 Å². The van der Waals surface area contributed by atoms with Crippen LogP contribution in [0.2, 0.25) is 5.15 Å². The summed E-state index contributed by atoms with van der Waals surface area (Å²) < 4.78 is 41.2. The van der Waals surface area contributed by atoms with Gasteiger partial charge in [-0.15, -0.1) is 6.58 Å². The van der Waals surface area contributed by atoms with Crippen molar-refractivity contribution < 1.29 is 18.2 Å². The standard InChI is InChI=1S/C23H35F3N2.C14H13ClN.C8H18.C6H12.C2H6.CH4S/c1-6-7-21(23(24,25)26)20(11-13-28-12-10-18(4)15-28)16-27(5)22(17(2)3)14-19-8-9-19;1-9-6-10(2)14(11(3)7-9)12-4-5-16-13(15)8-12;1-5-8(4)6-7(2)3;1-4-5-6(2)3;2*1-2/h6-7,16,18-19,22H,1-2,8-15H2,3-5H3;4,6-8H,1-3H3;7-8H,5-6H2,1-4H3;2,4-5H2,1,3H3;1-2H3;2H,1H3/q;+1;;;;/b20-16-,21-7+;;;;;. The van der Waals surface area contributed by atoms with Gasteiger partial charge in [0.15, 0.2) is 0 Å². The topological polar surface area (TPSA) is 20.6 Å². The van der Waals surface area contributed by atoms with Gasteiger partial charge >= 0.3 is 17.5 Å². The first-order chi connectivity index (χ1) is 29.1. The van der Waals surface area contributed by atoms with Crippen molar-refractivity contribution in [3.8, 4) is 11.1 Å². The number of rotatable bonds is 16.